The molecule has 0 bridgehead atoms. The van der Waals surface area contributed by atoms with E-state index >= 15 is 0 Å². The van der Waals surface area contributed by atoms with Crippen LogP contribution in [0.5, 0.6) is 0 Å². The zero-order valence-electron chi connectivity index (χ0n) is 84.8. The fourth-order valence-electron chi connectivity index (χ4n) is 16.2. The molecular formula is C107H214O20. The van der Waals surface area contributed by atoms with Crippen LogP contribution in [0, 0.1) is 0 Å². The lowest BCUT2D eigenvalue weighted by Gasteiger charge is -2.41. The van der Waals surface area contributed by atoms with Gasteiger partial charge in [0.2, 0.25) is 0 Å². The summed E-state index contributed by atoms with van der Waals surface area (Å²) in [6, 6.07) is 0. The molecule has 1 rings (SSSR count). The second-order valence-corrected chi connectivity index (χ2v) is 37.6. The van der Waals surface area contributed by atoms with Crippen LogP contribution in [0.3, 0.4) is 0 Å². The quantitative estimate of drug-likeness (QED) is 0.0415. The van der Waals surface area contributed by atoms with Gasteiger partial charge in [0.1, 0.15) is 67.1 Å². The molecule has 5 atom stereocenters. The summed E-state index contributed by atoms with van der Waals surface area (Å²) in [5.41, 5.74) is 0. The van der Waals surface area contributed by atoms with E-state index in [1.54, 1.807) is 0 Å². The maximum Gasteiger partial charge on any atom is 0.187 e. The lowest BCUT2D eigenvalue weighted by atomic mass is 9.99. The van der Waals surface area contributed by atoms with Gasteiger partial charge in [-0.05, 0) is 51.4 Å². The SMILES string of the molecule is CCCCCCCCCCOCC(COCCCCCCCCCC)OCC(COC(COCCCCCCCCCC)COCCCCCCCCCC)OCC(COC(COC(COCCCCCCCCCC)COCCCCCCCCCC)COC(COCCCCCCCCCC)COCCCCCCCCCC)O[C@@H]1O[C@H](CO)[C@H](O)[C@H](O)[C@H]1O. The summed E-state index contributed by atoms with van der Waals surface area (Å²) in [6.07, 6.45) is 65.5. The first-order valence-electron chi connectivity index (χ1n) is 54.9. The molecule has 0 aromatic heterocycles. The van der Waals surface area contributed by atoms with E-state index in [1.807, 2.05) is 0 Å². The Morgan fingerprint density at radius 3 is 0.496 bits per heavy atom. The molecular weight excluding hydrogens is 1610 g/mol. The van der Waals surface area contributed by atoms with Crippen LogP contribution in [0.1, 0.15) is 466 Å². The van der Waals surface area contributed by atoms with Crippen molar-refractivity contribution in [2.24, 2.45) is 0 Å². The molecule has 762 valence electrons. The molecule has 1 aliphatic heterocycles. The van der Waals surface area contributed by atoms with Gasteiger partial charge >= 0.3 is 0 Å². The topological polar surface area (TPSA) is 229 Å². The van der Waals surface area contributed by atoms with Crippen molar-refractivity contribution in [3.63, 3.8) is 0 Å². The fourth-order valence-corrected chi connectivity index (χ4v) is 16.2. The Morgan fingerprint density at radius 1 is 0.181 bits per heavy atom. The van der Waals surface area contributed by atoms with Crippen LogP contribution in [0.25, 0.3) is 0 Å². The second-order valence-electron chi connectivity index (χ2n) is 37.6. The van der Waals surface area contributed by atoms with E-state index in [1.165, 1.54) is 308 Å². The summed E-state index contributed by atoms with van der Waals surface area (Å²) in [4.78, 5) is 0. The molecule has 1 saturated heterocycles. The molecule has 0 aliphatic carbocycles. The van der Waals surface area contributed by atoms with Crippen molar-refractivity contribution in [2.75, 3.05) is 152 Å². The van der Waals surface area contributed by atoms with Crippen LogP contribution in [-0.4, -0.2) is 246 Å². The molecule has 0 saturated carbocycles. The highest BCUT2D eigenvalue weighted by Crippen LogP contribution is 2.26. The van der Waals surface area contributed by atoms with Gasteiger partial charge in [-0.1, -0.05) is 415 Å². The fraction of sp³-hybridized carbons (Fsp3) is 1.00. The van der Waals surface area contributed by atoms with Crippen molar-refractivity contribution in [2.45, 2.75) is 540 Å². The lowest BCUT2D eigenvalue weighted by molar-refractivity contribution is -0.318. The van der Waals surface area contributed by atoms with Gasteiger partial charge in [-0.25, -0.2) is 0 Å². The monoisotopic (exact) mass is 1820 g/mol. The van der Waals surface area contributed by atoms with E-state index in [-0.39, 0.29) is 39.6 Å². The van der Waals surface area contributed by atoms with Crippen LogP contribution in [0.4, 0.5) is 0 Å². The van der Waals surface area contributed by atoms with Crippen LogP contribution in [-0.2, 0) is 75.8 Å². The highest BCUT2D eigenvalue weighted by molar-refractivity contribution is 4.89. The van der Waals surface area contributed by atoms with Gasteiger partial charge in [-0.3, -0.25) is 0 Å². The van der Waals surface area contributed by atoms with E-state index in [2.05, 4.69) is 55.4 Å². The first kappa shape index (κ1) is 124. The van der Waals surface area contributed by atoms with E-state index < -0.39 is 80.0 Å². The molecule has 20 nitrogen and oxygen atoms in total. The summed E-state index contributed by atoms with van der Waals surface area (Å²) >= 11 is 0. The molecule has 0 amide bonds. The van der Waals surface area contributed by atoms with E-state index in [0.717, 1.165) is 103 Å². The third-order valence-electron chi connectivity index (χ3n) is 24.8. The van der Waals surface area contributed by atoms with Gasteiger partial charge in [-0.15, -0.1) is 0 Å². The molecule has 0 aromatic carbocycles. The standard InChI is InChI=1S/C107H214O20/c1-9-17-25-33-41-49-57-65-73-112-82-96(83-113-74-66-58-50-42-34-26-18-10-2)120-90-100(91-121-97(84-114-75-67-59-51-43-35-27-19-11-3)85-115-76-68-60-52-44-36-28-20-12-4)124-94-102(126-107-106(111)105(110)104(109)103(81-108)127-107)95-125-101(92-122-98(86-116-77-69-61-53-45-37-29-21-13-5)87-117-78-70-62-54-46-38-30-22-14-6)93-123-99(88-118-79-71-63-55-47-39-31-23-15-7)89-119-80-72-64-56-48-40-32-24-16-8/h96-111H,9-95H2,1-8H3/t103-,104+,105+,106-,107-/m1/s1. The maximum absolute atomic E-state index is 11.8. The van der Waals surface area contributed by atoms with Gasteiger partial charge in [0.25, 0.3) is 0 Å². The Hall–Kier alpha value is -0.800. The zero-order valence-corrected chi connectivity index (χ0v) is 84.8. The van der Waals surface area contributed by atoms with Crippen LogP contribution >= 0.6 is 0 Å². The molecule has 4 N–H and O–H groups in total. The third-order valence-corrected chi connectivity index (χ3v) is 24.8. The minimum atomic E-state index is -1.70. The second kappa shape index (κ2) is 101. The molecule has 1 fully saturated rings. The molecule has 0 spiro atoms. The summed E-state index contributed by atoms with van der Waals surface area (Å²) in [5, 5.41) is 44.8. The Balaban J connectivity index is 4.09. The molecule has 0 radical (unpaired) electrons. The van der Waals surface area contributed by atoms with Crippen molar-refractivity contribution in [1.82, 2.24) is 0 Å². The molecule has 0 unspecified atom stereocenters. The Kier molecular flexibility index (Phi) is 98.9. The van der Waals surface area contributed by atoms with E-state index in [9.17, 15) is 20.4 Å². The lowest BCUT2D eigenvalue weighted by Crippen LogP contribution is -2.60. The number of hydrogen-bond acceptors (Lipinski definition) is 20. The highest BCUT2D eigenvalue weighted by atomic mass is 16.7. The average molecular weight is 1820 g/mol. The molecule has 1 heterocycles. The van der Waals surface area contributed by atoms with Gasteiger partial charge in [0.05, 0.1) is 99.1 Å². The van der Waals surface area contributed by atoms with E-state index in [4.69, 9.17) is 75.8 Å². The Labute approximate surface area is 783 Å². The average Bonchev–Trinajstić information content (AvgIpc) is 0.813. The van der Waals surface area contributed by atoms with Gasteiger partial charge in [0.15, 0.2) is 6.29 Å². The van der Waals surface area contributed by atoms with Crippen LogP contribution < -0.4 is 0 Å². The summed E-state index contributed by atoms with van der Waals surface area (Å²) < 4.78 is 107. The first-order valence-corrected chi connectivity index (χ1v) is 54.9. The summed E-state index contributed by atoms with van der Waals surface area (Å²) in [5.74, 6) is 0. The van der Waals surface area contributed by atoms with Crippen LogP contribution in [0.2, 0.25) is 0 Å². The van der Waals surface area contributed by atoms with Crippen molar-refractivity contribution < 1.29 is 96.2 Å². The predicted molar refractivity (Wildman–Crippen MR) is 525 cm³/mol. The third kappa shape index (κ3) is 83.1. The smallest absolute Gasteiger partial charge is 0.187 e. The first-order chi connectivity index (χ1) is 62.6. The van der Waals surface area contributed by atoms with E-state index in [0.29, 0.717) is 106 Å². The van der Waals surface area contributed by atoms with Gasteiger partial charge in [0, 0.05) is 52.9 Å². The van der Waals surface area contributed by atoms with Crippen molar-refractivity contribution in [3.05, 3.63) is 0 Å². The molecule has 127 heavy (non-hydrogen) atoms. The van der Waals surface area contributed by atoms with Gasteiger partial charge in [-0.2, -0.15) is 0 Å². The number of aliphatic hydroxyl groups is 4. The Morgan fingerprint density at radius 2 is 0.331 bits per heavy atom. The van der Waals surface area contributed by atoms with Crippen molar-refractivity contribution in [1.29, 1.82) is 0 Å². The molecule has 0 aromatic rings. The summed E-state index contributed by atoms with van der Waals surface area (Å²) in [7, 11) is 0. The maximum atomic E-state index is 11.8. The number of aliphatic hydroxyl groups excluding tert-OH is 4. The number of hydrogen-bond donors (Lipinski definition) is 4. The minimum absolute atomic E-state index is 0.100. The van der Waals surface area contributed by atoms with Crippen LogP contribution in [0.15, 0.2) is 0 Å². The zero-order chi connectivity index (χ0) is 91.8. The van der Waals surface area contributed by atoms with Gasteiger partial charge < -0.3 is 96.2 Å². The number of unbranched alkanes of at least 4 members (excludes halogenated alkanes) is 56. The van der Waals surface area contributed by atoms with Crippen molar-refractivity contribution in [3.8, 4) is 0 Å². The normalized spacial score (nSPS) is 15.9. The highest BCUT2D eigenvalue weighted by Gasteiger charge is 2.45. The molecule has 1 aliphatic rings. The Bertz CT molecular complexity index is 1730. The summed E-state index contributed by atoms with van der Waals surface area (Å²) in [6.45, 7) is 25.5. The molecule has 20 heteroatoms. The largest absolute Gasteiger partial charge is 0.394 e. The predicted octanol–water partition coefficient (Wildman–Crippen LogP) is 25.7. The number of rotatable bonds is 109. The van der Waals surface area contributed by atoms with Crippen molar-refractivity contribution >= 4 is 0 Å². The minimum Gasteiger partial charge on any atom is -0.394 e. The number of ether oxygens (including phenoxy) is 16.